The van der Waals surface area contributed by atoms with Gasteiger partial charge in [-0.3, -0.25) is 4.68 Å². The maximum absolute atomic E-state index is 4.57. The standard InChI is InChI=1S/C14H18N8/c1-8(9-3-4-9)18-13-11-12(16-7-15-11)20-14(21-13)19-10-5-17-22(2)6-10/h5-9H,3-4H2,1-2H3,(H3,15,16,18,19,20,21). The van der Waals surface area contributed by atoms with Gasteiger partial charge in [0.2, 0.25) is 5.95 Å². The number of hydrogen-bond acceptors (Lipinski definition) is 6. The molecule has 8 heteroatoms. The summed E-state index contributed by atoms with van der Waals surface area (Å²) in [7, 11) is 1.87. The van der Waals surface area contributed by atoms with E-state index in [9.17, 15) is 0 Å². The Bertz CT molecular complexity index is 800. The highest BCUT2D eigenvalue weighted by atomic mass is 15.3. The molecule has 3 aromatic heterocycles. The molecule has 1 fully saturated rings. The molecular formula is C14H18N8. The van der Waals surface area contributed by atoms with Crippen molar-refractivity contribution in [1.29, 1.82) is 0 Å². The smallest absolute Gasteiger partial charge is 0.231 e. The topological polar surface area (TPSA) is 96.3 Å². The van der Waals surface area contributed by atoms with Gasteiger partial charge in [-0.15, -0.1) is 0 Å². The maximum Gasteiger partial charge on any atom is 0.231 e. The SMILES string of the molecule is CC(Nc1nc(Nc2cnn(C)c2)nc2[nH]cnc12)C1CC1. The number of aryl methyl sites for hydroxylation is 1. The number of nitrogens with zero attached hydrogens (tertiary/aromatic N) is 5. The summed E-state index contributed by atoms with van der Waals surface area (Å²) in [4.78, 5) is 16.4. The highest BCUT2D eigenvalue weighted by Gasteiger charge is 2.28. The number of aromatic amines is 1. The molecule has 1 saturated carbocycles. The lowest BCUT2D eigenvalue weighted by molar-refractivity contribution is 0.691. The van der Waals surface area contributed by atoms with Crippen LogP contribution in [0.5, 0.6) is 0 Å². The van der Waals surface area contributed by atoms with E-state index in [1.165, 1.54) is 12.8 Å². The van der Waals surface area contributed by atoms with Gasteiger partial charge >= 0.3 is 0 Å². The molecule has 0 bridgehead atoms. The summed E-state index contributed by atoms with van der Waals surface area (Å²) in [5.74, 6) is 2.02. The van der Waals surface area contributed by atoms with Crippen LogP contribution in [0.2, 0.25) is 0 Å². The van der Waals surface area contributed by atoms with Crippen LogP contribution in [0, 0.1) is 5.92 Å². The van der Waals surface area contributed by atoms with E-state index in [0.717, 1.165) is 22.9 Å². The third-order valence-electron chi connectivity index (χ3n) is 3.93. The maximum atomic E-state index is 4.57. The Kier molecular flexibility index (Phi) is 2.95. The summed E-state index contributed by atoms with van der Waals surface area (Å²) in [6, 6.07) is 0.390. The first kappa shape index (κ1) is 13.1. The highest BCUT2D eigenvalue weighted by Crippen LogP contribution is 2.34. The number of hydrogen-bond donors (Lipinski definition) is 3. The van der Waals surface area contributed by atoms with Crippen LogP contribution in [-0.4, -0.2) is 35.8 Å². The van der Waals surface area contributed by atoms with Gasteiger partial charge in [-0.2, -0.15) is 15.1 Å². The van der Waals surface area contributed by atoms with Crippen LogP contribution in [0.4, 0.5) is 17.5 Å². The molecule has 22 heavy (non-hydrogen) atoms. The van der Waals surface area contributed by atoms with Gasteiger partial charge in [0, 0.05) is 19.3 Å². The van der Waals surface area contributed by atoms with E-state index in [4.69, 9.17) is 0 Å². The van der Waals surface area contributed by atoms with Crippen molar-refractivity contribution in [3.63, 3.8) is 0 Å². The van der Waals surface area contributed by atoms with E-state index < -0.39 is 0 Å². The zero-order valence-electron chi connectivity index (χ0n) is 12.5. The molecule has 0 radical (unpaired) electrons. The molecule has 1 atom stereocenters. The number of rotatable bonds is 5. The Labute approximate surface area is 127 Å². The second-order valence-electron chi connectivity index (χ2n) is 5.79. The Morgan fingerprint density at radius 3 is 2.95 bits per heavy atom. The van der Waals surface area contributed by atoms with Gasteiger partial charge in [0.05, 0.1) is 18.2 Å². The van der Waals surface area contributed by atoms with Crippen molar-refractivity contribution in [1.82, 2.24) is 29.7 Å². The minimum absolute atomic E-state index is 0.390. The van der Waals surface area contributed by atoms with Crippen LogP contribution < -0.4 is 10.6 Å². The zero-order valence-corrected chi connectivity index (χ0v) is 12.5. The Balaban J connectivity index is 1.66. The summed E-state index contributed by atoms with van der Waals surface area (Å²) < 4.78 is 1.73. The molecule has 3 heterocycles. The molecule has 0 aromatic carbocycles. The third-order valence-corrected chi connectivity index (χ3v) is 3.93. The Morgan fingerprint density at radius 2 is 2.23 bits per heavy atom. The number of fused-ring (bicyclic) bond motifs is 1. The molecule has 1 aliphatic carbocycles. The average Bonchev–Trinajstić information content (AvgIpc) is 3.11. The van der Waals surface area contributed by atoms with E-state index >= 15 is 0 Å². The monoisotopic (exact) mass is 298 g/mol. The van der Waals surface area contributed by atoms with Crippen LogP contribution in [-0.2, 0) is 7.05 Å². The van der Waals surface area contributed by atoms with Crippen LogP contribution in [0.15, 0.2) is 18.7 Å². The number of aromatic nitrogens is 6. The lowest BCUT2D eigenvalue weighted by atomic mass is 10.2. The fraction of sp³-hybridized carbons (Fsp3) is 0.429. The molecule has 4 rings (SSSR count). The van der Waals surface area contributed by atoms with Gasteiger partial charge in [-0.25, -0.2) is 4.98 Å². The Hall–Kier alpha value is -2.64. The van der Waals surface area contributed by atoms with Crippen molar-refractivity contribution in [2.24, 2.45) is 13.0 Å². The number of anilines is 3. The first-order valence-electron chi connectivity index (χ1n) is 7.42. The highest BCUT2D eigenvalue weighted by molar-refractivity contribution is 5.84. The fourth-order valence-corrected chi connectivity index (χ4v) is 2.54. The lowest BCUT2D eigenvalue weighted by Gasteiger charge is -2.14. The van der Waals surface area contributed by atoms with E-state index in [1.54, 1.807) is 17.2 Å². The van der Waals surface area contributed by atoms with Crippen molar-refractivity contribution in [2.75, 3.05) is 10.6 Å². The summed E-state index contributed by atoms with van der Waals surface area (Å²) in [6.07, 6.45) is 7.81. The van der Waals surface area contributed by atoms with Gasteiger partial charge in [-0.1, -0.05) is 0 Å². The normalized spacial score (nSPS) is 15.9. The van der Waals surface area contributed by atoms with E-state index in [2.05, 4.69) is 42.6 Å². The van der Waals surface area contributed by atoms with Crippen molar-refractivity contribution >= 4 is 28.6 Å². The molecule has 0 saturated heterocycles. The second-order valence-corrected chi connectivity index (χ2v) is 5.79. The first-order valence-corrected chi connectivity index (χ1v) is 7.42. The molecule has 114 valence electrons. The minimum atomic E-state index is 0.390. The van der Waals surface area contributed by atoms with E-state index in [-0.39, 0.29) is 0 Å². The summed E-state index contributed by atoms with van der Waals surface area (Å²) in [5, 5.41) is 10.8. The molecule has 1 unspecified atom stereocenters. The van der Waals surface area contributed by atoms with Crippen molar-refractivity contribution in [3.05, 3.63) is 18.7 Å². The predicted molar refractivity (Wildman–Crippen MR) is 84.0 cm³/mol. The van der Waals surface area contributed by atoms with Crippen molar-refractivity contribution in [2.45, 2.75) is 25.8 Å². The molecule has 1 aliphatic rings. The van der Waals surface area contributed by atoms with Gasteiger partial charge in [0.1, 0.15) is 5.52 Å². The molecule has 0 spiro atoms. The molecule has 0 aliphatic heterocycles. The lowest BCUT2D eigenvalue weighted by Crippen LogP contribution is -2.19. The average molecular weight is 298 g/mol. The van der Waals surface area contributed by atoms with Gasteiger partial charge in [0.25, 0.3) is 0 Å². The molecule has 3 N–H and O–H groups in total. The van der Waals surface area contributed by atoms with Gasteiger partial charge < -0.3 is 15.6 Å². The number of imidazole rings is 1. The Morgan fingerprint density at radius 1 is 1.36 bits per heavy atom. The second kappa shape index (κ2) is 4.97. The summed E-state index contributed by atoms with van der Waals surface area (Å²) >= 11 is 0. The minimum Gasteiger partial charge on any atom is -0.365 e. The van der Waals surface area contributed by atoms with Crippen molar-refractivity contribution < 1.29 is 0 Å². The number of nitrogens with one attached hydrogen (secondary N) is 3. The first-order chi connectivity index (χ1) is 10.7. The third kappa shape index (κ3) is 2.47. The van der Waals surface area contributed by atoms with Crippen LogP contribution >= 0.6 is 0 Å². The molecule has 0 amide bonds. The molecular weight excluding hydrogens is 280 g/mol. The predicted octanol–water partition coefficient (Wildman–Crippen LogP) is 2.04. The summed E-state index contributed by atoms with van der Waals surface area (Å²) in [6.45, 7) is 2.19. The van der Waals surface area contributed by atoms with Crippen molar-refractivity contribution in [3.8, 4) is 0 Å². The number of H-pyrrole nitrogens is 1. The van der Waals surface area contributed by atoms with E-state index in [1.807, 2.05) is 13.2 Å². The van der Waals surface area contributed by atoms with Gasteiger partial charge in [0.15, 0.2) is 11.5 Å². The van der Waals surface area contributed by atoms with E-state index in [0.29, 0.717) is 17.6 Å². The summed E-state index contributed by atoms with van der Waals surface area (Å²) in [5.41, 5.74) is 2.33. The zero-order chi connectivity index (χ0) is 15.1. The van der Waals surface area contributed by atoms with Crippen LogP contribution in [0.1, 0.15) is 19.8 Å². The molecule has 8 nitrogen and oxygen atoms in total. The largest absolute Gasteiger partial charge is 0.365 e. The van der Waals surface area contributed by atoms with Crippen LogP contribution in [0.3, 0.4) is 0 Å². The van der Waals surface area contributed by atoms with Crippen LogP contribution in [0.25, 0.3) is 11.2 Å². The quantitative estimate of drug-likeness (QED) is 0.667. The fourth-order valence-electron chi connectivity index (χ4n) is 2.54. The van der Waals surface area contributed by atoms with Gasteiger partial charge in [-0.05, 0) is 25.7 Å². The molecule has 3 aromatic rings.